The number of nitrogens with zero attached hydrogens (tertiary/aromatic N) is 1. The Bertz CT molecular complexity index is 803. The van der Waals surface area contributed by atoms with Crippen molar-refractivity contribution in [3.63, 3.8) is 0 Å². The quantitative estimate of drug-likeness (QED) is 0.845. The van der Waals surface area contributed by atoms with E-state index in [4.69, 9.17) is 4.74 Å². The van der Waals surface area contributed by atoms with Crippen molar-refractivity contribution in [2.45, 2.75) is 32.9 Å². The average Bonchev–Trinajstić information content (AvgIpc) is 2.99. The lowest BCUT2D eigenvalue weighted by Gasteiger charge is -2.17. The number of carbonyl (C=O) groups excluding carboxylic acids is 2. The van der Waals surface area contributed by atoms with E-state index in [0.717, 1.165) is 11.3 Å². The summed E-state index contributed by atoms with van der Waals surface area (Å²) in [6, 6.07) is 13.2. The Balaban J connectivity index is 1.56. The second-order valence-corrected chi connectivity index (χ2v) is 6.98. The van der Waals surface area contributed by atoms with Crippen LogP contribution in [0.2, 0.25) is 0 Å². The molecule has 0 spiro atoms. The van der Waals surface area contributed by atoms with E-state index in [9.17, 15) is 14.0 Å². The van der Waals surface area contributed by atoms with Gasteiger partial charge in [0.15, 0.2) is 0 Å². The van der Waals surface area contributed by atoms with Crippen LogP contribution in [-0.2, 0) is 16.1 Å². The Hall–Kier alpha value is -2.89. The van der Waals surface area contributed by atoms with Gasteiger partial charge in [0.25, 0.3) is 0 Å². The topological polar surface area (TPSA) is 58.6 Å². The van der Waals surface area contributed by atoms with Crippen LogP contribution in [0.4, 0.5) is 10.1 Å². The van der Waals surface area contributed by atoms with Crippen LogP contribution in [-0.4, -0.2) is 29.4 Å². The zero-order chi connectivity index (χ0) is 19.4. The van der Waals surface area contributed by atoms with E-state index < -0.39 is 5.92 Å². The van der Waals surface area contributed by atoms with Crippen LogP contribution in [0, 0.1) is 11.7 Å². The molecule has 1 fully saturated rings. The van der Waals surface area contributed by atoms with Gasteiger partial charge in [0.1, 0.15) is 11.6 Å². The number of likely N-dealkylation sites (tertiary alicyclic amines) is 1. The van der Waals surface area contributed by atoms with Gasteiger partial charge in [0.2, 0.25) is 11.8 Å². The first-order valence-electron chi connectivity index (χ1n) is 9.00. The van der Waals surface area contributed by atoms with Gasteiger partial charge >= 0.3 is 0 Å². The van der Waals surface area contributed by atoms with E-state index in [1.807, 2.05) is 13.8 Å². The molecule has 2 aromatic carbocycles. The third kappa shape index (κ3) is 5.06. The highest BCUT2D eigenvalue weighted by molar-refractivity contribution is 5.97. The number of carbonyl (C=O) groups is 2. The first-order chi connectivity index (χ1) is 12.9. The maximum atomic E-state index is 13.0. The second kappa shape index (κ2) is 8.20. The molecule has 142 valence electrons. The Morgan fingerprint density at radius 1 is 1.19 bits per heavy atom. The number of ether oxygens (including phenoxy) is 1. The highest BCUT2D eigenvalue weighted by Gasteiger charge is 2.34. The van der Waals surface area contributed by atoms with Crippen LogP contribution in [0.1, 0.15) is 25.8 Å². The molecule has 0 aromatic heterocycles. The molecular formula is C21H23FN2O3. The summed E-state index contributed by atoms with van der Waals surface area (Å²) in [5.74, 6) is -0.217. The number of nitrogens with one attached hydrogen (secondary N) is 1. The van der Waals surface area contributed by atoms with E-state index in [0.29, 0.717) is 18.8 Å². The molecular weight excluding hydrogens is 347 g/mol. The van der Waals surface area contributed by atoms with Crippen LogP contribution in [0.15, 0.2) is 48.5 Å². The molecule has 1 aliphatic heterocycles. The second-order valence-electron chi connectivity index (χ2n) is 6.98. The van der Waals surface area contributed by atoms with Gasteiger partial charge in [0, 0.05) is 25.2 Å². The van der Waals surface area contributed by atoms with E-state index >= 15 is 0 Å². The summed E-state index contributed by atoms with van der Waals surface area (Å²) in [5.41, 5.74) is 1.51. The monoisotopic (exact) mass is 370 g/mol. The van der Waals surface area contributed by atoms with Crippen LogP contribution in [0.25, 0.3) is 0 Å². The molecule has 1 atom stereocenters. The molecule has 1 unspecified atom stereocenters. The highest BCUT2D eigenvalue weighted by atomic mass is 19.1. The molecule has 0 aliphatic carbocycles. The minimum Gasteiger partial charge on any atom is -0.491 e. The van der Waals surface area contributed by atoms with Gasteiger partial charge in [-0.15, -0.1) is 0 Å². The fourth-order valence-electron chi connectivity index (χ4n) is 3.04. The van der Waals surface area contributed by atoms with Crippen LogP contribution >= 0.6 is 0 Å². The molecule has 5 nitrogen and oxygen atoms in total. The fourth-order valence-corrected chi connectivity index (χ4v) is 3.04. The zero-order valence-corrected chi connectivity index (χ0v) is 15.4. The van der Waals surface area contributed by atoms with Crippen molar-refractivity contribution in [3.8, 4) is 5.75 Å². The Morgan fingerprint density at radius 2 is 1.85 bits per heavy atom. The highest BCUT2D eigenvalue weighted by Crippen LogP contribution is 2.23. The zero-order valence-electron chi connectivity index (χ0n) is 15.4. The molecule has 1 saturated heterocycles. The molecule has 1 aliphatic rings. The Morgan fingerprint density at radius 3 is 2.48 bits per heavy atom. The molecule has 27 heavy (non-hydrogen) atoms. The third-order valence-electron chi connectivity index (χ3n) is 4.37. The number of amides is 2. The van der Waals surface area contributed by atoms with Crippen molar-refractivity contribution in [2.24, 2.45) is 5.92 Å². The van der Waals surface area contributed by atoms with Crippen molar-refractivity contribution in [2.75, 3.05) is 11.9 Å². The van der Waals surface area contributed by atoms with Crippen LogP contribution < -0.4 is 10.1 Å². The van der Waals surface area contributed by atoms with Gasteiger partial charge in [-0.2, -0.15) is 0 Å². The van der Waals surface area contributed by atoms with Gasteiger partial charge in [0.05, 0.1) is 12.0 Å². The van der Waals surface area contributed by atoms with E-state index in [1.165, 1.54) is 12.1 Å². The third-order valence-corrected chi connectivity index (χ3v) is 4.37. The SMILES string of the molecule is CC(C)Oc1ccc(NC(=O)C2CC(=O)N(Cc3ccc(F)cc3)C2)cc1. The lowest BCUT2D eigenvalue weighted by Crippen LogP contribution is -2.28. The van der Waals surface area contributed by atoms with Crippen molar-refractivity contribution in [1.29, 1.82) is 0 Å². The van der Waals surface area contributed by atoms with Gasteiger partial charge in [-0.05, 0) is 55.8 Å². The summed E-state index contributed by atoms with van der Waals surface area (Å²) in [6.45, 7) is 4.63. The molecule has 0 bridgehead atoms. The molecule has 1 N–H and O–H groups in total. The largest absolute Gasteiger partial charge is 0.491 e. The Labute approximate surface area is 158 Å². The molecule has 2 aromatic rings. The lowest BCUT2D eigenvalue weighted by atomic mass is 10.1. The summed E-state index contributed by atoms with van der Waals surface area (Å²) >= 11 is 0. The van der Waals surface area contributed by atoms with Gasteiger partial charge in [-0.1, -0.05) is 12.1 Å². The summed E-state index contributed by atoms with van der Waals surface area (Å²) in [6.07, 6.45) is 0.267. The number of hydrogen-bond donors (Lipinski definition) is 1. The van der Waals surface area contributed by atoms with E-state index in [-0.39, 0.29) is 30.2 Å². The summed E-state index contributed by atoms with van der Waals surface area (Å²) in [4.78, 5) is 26.3. The van der Waals surface area contributed by atoms with Gasteiger partial charge in [-0.3, -0.25) is 9.59 Å². The first kappa shape index (κ1) is 18.9. The predicted octanol–water partition coefficient (Wildman–Crippen LogP) is 3.60. The van der Waals surface area contributed by atoms with Crippen molar-refractivity contribution >= 4 is 17.5 Å². The molecule has 2 amide bonds. The average molecular weight is 370 g/mol. The number of rotatable bonds is 6. The maximum absolute atomic E-state index is 13.0. The standard InChI is InChI=1S/C21H23FN2O3/c1-14(2)27-19-9-7-18(8-10-19)23-21(26)16-11-20(25)24(13-16)12-15-3-5-17(22)6-4-15/h3-10,14,16H,11-13H2,1-2H3,(H,23,26). The summed E-state index contributed by atoms with van der Waals surface area (Å²) < 4.78 is 18.6. The number of benzene rings is 2. The first-order valence-corrected chi connectivity index (χ1v) is 9.00. The lowest BCUT2D eigenvalue weighted by molar-refractivity contribution is -0.128. The molecule has 6 heteroatoms. The molecule has 1 heterocycles. The van der Waals surface area contributed by atoms with E-state index in [2.05, 4.69) is 5.32 Å². The van der Waals surface area contributed by atoms with E-state index in [1.54, 1.807) is 41.3 Å². The summed E-state index contributed by atoms with van der Waals surface area (Å²) in [7, 11) is 0. The van der Waals surface area contributed by atoms with Crippen LogP contribution in [0.3, 0.4) is 0 Å². The number of halogens is 1. The number of anilines is 1. The fraction of sp³-hybridized carbons (Fsp3) is 0.333. The maximum Gasteiger partial charge on any atom is 0.229 e. The molecule has 0 saturated carbocycles. The smallest absolute Gasteiger partial charge is 0.229 e. The van der Waals surface area contributed by atoms with Gasteiger partial charge < -0.3 is 15.0 Å². The minimum absolute atomic E-state index is 0.0693. The van der Waals surface area contributed by atoms with Crippen molar-refractivity contribution in [3.05, 3.63) is 59.9 Å². The Kier molecular flexibility index (Phi) is 5.74. The van der Waals surface area contributed by atoms with Crippen molar-refractivity contribution < 1.29 is 18.7 Å². The van der Waals surface area contributed by atoms with Crippen molar-refractivity contribution in [1.82, 2.24) is 4.90 Å². The normalized spacial score (nSPS) is 16.7. The van der Waals surface area contributed by atoms with Gasteiger partial charge in [-0.25, -0.2) is 4.39 Å². The number of hydrogen-bond acceptors (Lipinski definition) is 3. The molecule has 0 radical (unpaired) electrons. The molecule has 3 rings (SSSR count). The minimum atomic E-state index is -0.399. The van der Waals surface area contributed by atoms with Crippen LogP contribution in [0.5, 0.6) is 5.75 Å². The summed E-state index contributed by atoms with van der Waals surface area (Å²) in [5, 5.41) is 2.85. The predicted molar refractivity (Wildman–Crippen MR) is 101 cm³/mol.